The maximum Gasteiger partial charge on any atom is 0.192 e. The van der Waals surface area contributed by atoms with E-state index in [1.165, 1.54) is 18.4 Å². The lowest BCUT2D eigenvalue weighted by Crippen LogP contribution is -2.40. The summed E-state index contributed by atoms with van der Waals surface area (Å²) in [5, 5.41) is 0.231. The fourth-order valence-electron chi connectivity index (χ4n) is 2.14. The van der Waals surface area contributed by atoms with Crippen molar-refractivity contribution in [1.29, 1.82) is 0 Å². The molecule has 0 saturated carbocycles. The number of hydrogen-bond donors (Lipinski definition) is 0. The lowest BCUT2D eigenvalue weighted by atomic mass is 9.99. The summed E-state index contributed by atoms with van der Waals surface area (Å²) in [7, 11) is -1.72. The molecule has 4 heteroatoms. The summed E-state index contributed by atoms with van der Waals surface area (Å²) in [5.41, 5.74) is 2.30. The van der Waals surface area contributed by atoms with Crippen LogP contribution in [0.15, 0.2) is 18.3 Å². The Balaban J connectivity index is 2.07. The summed E-state index contributed by atoms with van der Waals surface area (Å²) >= 11 is 0. The van der Waals surface area contributed by atoms with E-state index in [0.717, 1.165) is 24.4 Å². The highest BCUT2D eigenvalue weighted by Crippen LogP contribution is 2.37. The fourth-order valence-corrected chi connectivity index (χ4v) is 3.09. The Morgan fingerprint density at radius 1 is 1.24 bits per heavy atom. The van der Waals surface area contributed by atoms with E-state index >= 15 is 0 Å². The van der Waals surface area contributed by atoms with Gasteiger partial charge in [-0.1, -0.05) is 26.8 Å². The molecule has 0 fully saturated rings. The van der Waals surface area contributed by atoms with E-state index in [9.17, 15) is 0 Å². The average Bonchev–Trinajstić information content (AvgIpc) is 2.45. The van der Waals surface area contributed by atoms with Crippen molar-refractivity contribution in [2.45, 2.75) is 71.2 Å². The Morgan fingerprint density at radius 2 is 2.00 bits per heavy atom. The molecule has 21 heavy (non-hydrogen) atoms. The van der Waals surface area contributed by atoms with Crippen molar-refractivity contribution in [1.82, 2.24) is 9.97 Å². The Bertz CT molecular complexity index is 518. The number of rotatable bonds is 4. The average molecular weight is 305 g/mol. The molecule has 0 amide bonds. The van der Waals surface area contributed by atoms with Gasteiger partial charge in [0.25, 0.3) is 0 Å². The van der Waals surface area contributed by atoms with Gasteiger partial charge in [0.1, 0.15) is 0 Å². The van der Waals surface area contributed by atoms with Gasteiger partial charge in [-0.05, 0) is 55.5 Å². The van der Waals surface area contributed by atoms with E-state index in [0.29, 0.717) is 6.61 Å². The summed E-state index contributed by atoms with van der Waals surface area (Å²) in [6.45, 7) is 11.9. The molecular formula is C17H28N2OSi. The molecule has 3 nitrogen and oxygen atoms in total. The predicted molar refractivity (Wildman–Crippen MR) is 90.5 cm³/mol. The summed E-state index contributed by atoms with van der Waals surface area (Å²) in [5.74, 6) is 0.894. The third kappa shape index (κ3) is 4.24. The zero-order valence-corrected chi connectivity index (χ0v) is 15.1. The highest BCUT2D eigenvalue weighted by molar-refractivity contribution is 6.74. The first-order valence-electron chi connectivity index (χ1n) is 7.95. The standard InChI is InChI=1S/C17H28N2OSi/c1-17(2,3)21(4,5)20-13-15-11-12-18-16(19-15)14-9-7-6-8-10-14/h9,11-12H,6-8,10,13H2,1-5H3. The van der Waals surface area contributed by atoms with Crippen LogP contribution in [0.4, 0.5) is 0 Å². The second kappa shape index (κ2) is 6.40. The van der Waals surface area contributed by atoms with E-state index in [4.69, 9.17) is 9.41 Å². The number of hydrogen-bond acceptors (Lipinski definition) is 3. The van der Waals surface area contributed by atoms with Crippen molar-refractivity contribution in [3.05, 3.63) is 29.9 Å². The Labute approximate surface area is 130 Å². The molecule has 116 valence electrons. The van der Waals surface area contributed by atoms with Crippen LogP contribution in [0.3, 0.4) is 0 Å². The molecule has 1 aliphatic carbocycles. The second-order valence-corrected chi connectivity index (χ2v) is 12.2. The van der Waals surface area contributed by atoms with Gasteiger partial charge in [0.2, 0.25) is 0 Å². The van der Waals surface area contributed by atoms with Crippen molar-refractivity contribution in [2.75, 3.05) is 0 Å². The minimum absolute atomic E-state index is 0.231. The van der Waals surface area contributed by atoms with Crippen LogP contribution in [0.25, 0.3) is 5.57 Å². The van der Waals surface area contributed by atoms with Crippen molar-refractivity contribution in [2.24, 2.45) is 0 Å². The molecule has 1 heterocycles. The van der Waals surface area contributed by atoms with Crippen LogP contribution in [-0.2, 0) is 11.0 Å². The molecule has 2 rings (SSSR count). The van der Waals surface area contributed by atoms with Crippen LogP contribution in [0, 0.1) is 0 Å². The lowest BCUT2D eigenvalue weighted by molar-refractivity contribution is 0.272. The molecule has 0 unspecified atom stereocenters. The van der Waals surface area contributed by atoms with Crippen molar-refractivity contribution >= 4 is 13.9 Å². The third-order valence-electron chi connectivity index (χ3n) is 4.68. The Hall–Kier alpha value is -1.00. The predicted octanol–water partition coefficient (Wildman–Crippen LogP) is 4.96. The minimum Gasteiger partial charge on any atom is -0.411 e. The Morgan fingerprint density at radius 3 is 2.62 bits per heavy atom. The first kappa shape index (κ1) is 16.4. The first-order valence-corrected chi connectivity index (χ1v) is 10.9. The van der Waals surface area contributed by atoms with E-state index in [1.807, 2.05) is 12.3 Å². The van der Waals surface area contributed by atoms with Crippen LogP contribution in [0.5, 0.6) is 0 Å². The van der Waals surface area contributed by atoms with Crippen LogP contribution in [0.2, 0.25) is 18.1 Å². The van der Waals surface area contributed by atoms with Crippen molar-refractivity contribution in [3.8, 4) is 0 Å². The van der Waals surface area contributed by atoms with Crippen LogP contribution >= 0.6 is 0 Å². The van der Waals surface area contributed by atoms with E-state index in [1.54, 1.807) is 0 Å². The second-order valence-electron chi connectivity index (χ2n) is 7.40. The topological polar surface area (TPSA) is 35.0 Å². The molecule has 0 spiro atoms. The number of aromatic nitrogens is 2. The summed E-state index contributed by atoms with van der Waals surface area (Å²) < 4.78 is 6.25. The minimum atomic E-state index is -1.72. The molecule has 1 aliphatic rings. The van der Waals surface area contributed by atoms with E-state index < -0.39 is 8.32 Å². The van der Waals surface area contributed by atoms with Gasteiger partial charge < -0.3 is 4.43 Å². The quantitative estimate of drug-likeness (QED) is 0.738. The zero-order valence-electron chi connectivity index (χ0n) is 14.1. The van der Waals surface area contributed by atoms with Gasteiger partial charge in [0.05, 0.1) is 12.3 Å². The molecule has 0 atom stereocenters. The van der Waals surface area contributed by atoms with Crippen LogP contribution < -0.4 is 0 Å². The van der Waals surface area contributed by atoms with Gasteiger partial charge in [0.15, 0.2) is 14.1 Å². The molecular weight excluding hydrogens is 276 g/mol. The van der Waals surface area contributed by atoms with Gasteiger partial charge in [-0.25, -0.2) is 9.97 Å². The zero-order chi connectivity index (χ0) is 15.5. The molecule has 0 saturated heterocycles. The van der Waals surface area contributed by atoms with Gasteiger partial charge in [0, 0.05) is 6.20 Å². The first-order chi connectivity index (χ1) is 9.79. The SMILES string of the molecule is CC(C)(C)[Si](C)(C)OCc1ccnc(C2=CCCCC2)n1. The van der Waals surface area contributed by atoms with Crippen molar-refractivity contribution < 1.29 is 4.43 Å². The van der Waals surface area contributed by atoms with Crippen LogP contribution in [0.1, 0.15) is 58.0 Å². The largest absolute Gasteiger partial charge is 0.411 e. The van der Waals surface area contributed by atoms with Gasteiger partial charge in [-0.2, -0.15) is 0 Å². The highest BCUT2D eigenvalue weighted by atomic mass is 28.4. The maximum absolute atomic E-state index is 6.25. The highest BCUT2D eigenvalue weighted by Gasteiger charge is 2.37. The summed E-state index contributed by atoms with van der Waals surface area (Å²) in [4.78, 5) is 9.13. The molecule has 1 aromatic heterocycles. The monoisotopic (exact) mass is 304 g/mol. The molecule has 1 aromatic rings. The van der Waals surface area contributed by atoms with Gasteiger partial charge in [-0.15, -0.1) is 0 Å². The number of nitrogens with zero attached hydrogens (tertiary/aromatic N) is 2. The summed E-state index contributed by atoms with van der Waals surface area (Å²) in [6.07, 6.45) is 8.95. The van der Waals surface area contributed by atoms with Gasteiger partial charge >= 0.3 is 0 Å². The van der Waals surface area contributed by atoms with Crippen molar-refractivity contribution in [3.63, 3.8) is 0 Å². The van der Waals surface area contributed by atoms with E-state index in [-0.39, 0.29) is 5.04 Å². The molecule has 0 aliphatic heterocycles. The fraction of sp³-hybridized carbons (Fsp3) is 0.647. The third-order valence-corrected chi connectivity index (χ3v) is 9.16. The normalized spacial score (nSPS) is 16.7. The molecule has 0 N–H and O–H groups in total. The van der Waals surface area contributed by atoms with Gasteiger partial charge in [-0.3, -0.25) is 0 Å². The number of allylic oxidation sites excluding steroid dienone is 2. The van der Waals surface area contributed by atoms with E-state index in [2.05, 4.69) is 44.9 Å². The Kier molecular flexibility index (Phi) is 4.99. The van der Waals surface area contributed by atoms with Crippen LogP contribution in [-0.4, -0.2) is 18.3 Å². The molecule has 0 aromatic carbocycles. The lowest BCUT2D eigenvalue weighted by Gasteiger charge is -2.36. The summed E-state index contributed by atoms with van der Waals surface area (Å²) in [6, 6.07) is 1.97. The molecule has 0 bridgehead atoms. The smallest absolute Gasteiger partial charge is 0.192 e. The molecule has 0 radical (unpaired) electrons. The maximum atomic E-state index is 6.25.